The Morgan fingerprint density at radius 3 is 2.40 bits per heavy atom. The lowest BCUT2D eigenvalue weighted by Crippen LogP contribution is -2.14. The highest BCUT2D eigenvalue weighted by atomic mass is 19.3. The van der Waals surface area contributed by atoms with Crippen LogP contribution in [-0.2, 0) is 4.74 Å². The molecule has 0 radical (unpaired) electrons. The topological polar surface area (TPSA) is 12.5 Å². The molecule has 1 aliphatic rings. The minimum absolute atomic E-state index is 0.0660. The van der Waals surface area contributed by atoms with E-state index in [1.807, 2.05) is 6.92 Å². The third-order valence-electron chi connectivity index (χ3n) is 1.73. The molecule has 0 aromatic heterocycles. The van der Waals surface area contributed by atoms with E-state index >= 15 is 0 Å². The highest BCUT2D eigenvalue weighted by molar-refractivity contribution is 4.87. The van der Waals surface area contributed by atoms with Gasteiger partial charge in [-0.2, -0.15) is 0 Å². The second kappa shape index (κ2) is 2.16. The Balaban J connectivity index is 2.17. The van der Waals surface area contributed by atoms with Gasteiger partial charge in [0, 0.05) is 6.42 Å². The number of rotatable bonds is 3. The van der Waals surface area contributed by atoms with E-state index in [4.69, 9.17) is 4.74 Å². The zero-order valence-corrected chi connectivity index (χ0v) is 6.29. The van der Waals surface area contributed by atoms with Crippen LogP contribution in [0, 0.1) is 0 Å². The molecule has 0 aliphatic carbocycles. The lowest BCUT2D eigenvalue weighted by molar-refractivity contribution is 0.00524. The maximum Gasteiger partial charge on any atom is 0.245 e. The van der Waals surface area contributed by atoms with Gasteiger partial charge in [0.2, 0.25) is 5.92 Å². The van der Waals surface area contributed by atoms with Crippen LogP contribution in [0.25, 0.3) is 0 Å². The van der Waals surface area contributed by atoms with Crippen LogP contribution in [0.3, 0.4) is 0 Å². The zero-order chi connectivity index (χ0) is 7.83. The van der Waals surface area contributed by atoms with Gasteiger partial charge in [0.1, 0.15) is 0 Å². The van der Waals surface area contributed by atoms with Gasteiger partial charge in [-0.1, -0.05) is 0 Å². The average molecular weight is 150 g/mol. The number of alkyl halides is 2. The normalized spacial score (nSPS) is 32.4. The second-order valence-corrected chi connectivity index (χ2v) is 3.31. The Bertz CT molecular complexity index is 119. The van der Waals surface area contributed by atoms with Crippen LogP contribution < -0.4 is 0 Å². The van der Waals surface area contributed by atoms with E-state index in [2.05, 4.69) is 0 Å². The largest absolute Gasteiger partial charge is 0.370 e. The third kappa shape index (κ3) is 2.60. The summed E-state index contributed by atoms with van der Waals surface area (Å²) in [4.78, 5) is 0. The minimum Gasteiger partial charge on any atom is -0.370 e. The molecule has 1 fully saturated rings. The Morgan fingerprint density at radius 1 is 1.60 bits per heavy atom. The summed E-state index contributed by atoms with van der Waals surface area (Å²) in [5.41, 5.74) is -0.223. The first kappa shape index (κ1) is 7.92. The average Bonchev–Trinajstić information content (AvgIpc) is 2.43. The van der Waals surface area contributed by atoms with Crippen molar-refractivity contribution in [3.63, 3.8) is 0 Å². The zero-order valence-electron chi connectivity index (χ0n) is 6.29. The van der Waals surface area contributed by atoms with Gasteiger partial charge in [-0.25, -0.2) is 8.78 Å². The highest BCUT2D eigenvalue weighted by Crippen LogP contribution is 2.34. The predicted octanol–water partition coefficient (Wildman–Crippen LogP) is 2.21. The molecule has 10 heavy (non-hydrogen) atoms. The molecule has 0 saturated carbocycles. The lowest BCUT2D eigenvalue weighted by atomic mass is 10.0. The Hall–Kier alpha value is -0.180. The highest BCUT2D eigenvalue weighted by Gasteiger charge is 2.40. The molecule has 0 bridgehead atoms. The molecule has 60 valence electrons. The summed E-state index contributed by atoms with van der Waals surface area (Å²) in [6.45, 7) is 3.44. The maximum absolute atomic E-state index is 12.2. The van der Waals surface area contributed by atoms with Crippen LogP contribution in [0.5, 0.6) is 0 Å². The Labute approximate surface area is 59.4 Å². The number of ether oxygens (including phenoxy) is 1. The molecule has 1 unspecified atom stereocenters. The summed E-state index contributed by atoms with van der Waals surface area (Å²) in [6.07, 6.45) is 0.403. The van der Waals surface area contributed by atoms with Crippen LogP contribution in [0.2, 0.25) is 0 Å². The van der Waals surface area contributed by atoms with Gasteiger partial charge in [0.05, 0.1) is 12.2 Å². The van der Waals surface area contributed by atoms with Crippen LogP contribution in [0.4, 0.5) is 8.78 Å². The van der Waals surface area contributed by atoms with Gasteiger partial charge in [-0.05, 0) is 20.3 Å². The van der Waals surface area contributed by atoms with Gasteiger partial charge in [0.15, 0.2) is 0 Å². The van der Waals surface area contributed by atoms with Gasteiger partial charge in [-0.15, -0.1) is 0 Å². The molecule has 0 aromatic rings. The van der Waals surface area contributed by atoms with Crippen molar-refractivity contribution >= 4 is 0 Å². The first-order valence-corrected chi connectivity index (χ1v) is 3.43. The van der Waals surface area contributed by atoms with E-state index in [0.29, 0.717) is 13.0 Å². The summed E-state index contributed by atoms with van der Waals surface area (Å²) >= 11 is 0. The van der Waals surface area contributed by atoms with Gasteiger partial charge >= 0.3 is 0 Å². The molecule has 0 spiro atoms. The smallest absolute Gasteiger partial charge is 0.245 e. The first-order valence-electron chi connectivity index (χ1n) is 3.43. The molecule has 1 nitrogen and oxygen atoms in total. The van der Waals surface area contributed by atoms with Crippen molar-refractivity contribution in [2.45, 2.75) is 38.2 Å². The molecule has 1 saturated heterocycles. The SMILES string of the molecule is CC(F)(F)CCC1(C)CO1. The van der Waals surface area contributed by atoms with Crippen molar-refractivity contribution in [3.8, 4) is 0 Å². The predicted molar refractivity (Wildman–Crippen MR) is 34.2 cm³/mol. The number of epoxide rings is 1. The van der Waals surface area contributed by atoms with Crippen LogP contribution in [0.1, 0.15) is 26.7 Å². The van der Waals surface area contributed by atoms with Gasteiger partial charge in [-0.3, -0.25) is 0 Å². The van der Waals surface area contributed by atoms with E-state index in [-0.39, 0.29) is 12.0 Å². The minimum atomic E-state index is -2.53. The van der Waals surface area contributed by atoms with Crippen molar-refractivity contribution in [1.82, 2.24) is 0 Å². The Kier molecular flexibility index (Phi) is 1.71. The van der Waals surface area contributed by atoms with Gasteiger partial charge in [0.25, 0.3) is 0 Å². The molecule has 0 aromatic carbocycles. The molecular weight excluding hydrogens is 138 g/mol. The number of hydrogen-bond donors (Lipinski definition) is 0. The van der Waals surface area contributed by atoms with E-state index in [1.54, 1.807) is 0 Å². The van der Waals surface area contributed by atoms with E-state index in [0.717, 1.165) is 6.92 Å². The number of halogens is 2. The summed E-state index contributed by atoms with van der Waals surface area (Å²) in [6, 6.07) is 0. The van der Waals surface area contributed by atoms with Crippen LogP contribution in [0.15, 0.2) is 0 Å². The maximum atomic E-state index is 12.2. The first-order chi connectivity index (χ1) is 4.41. The van der Waals surface area contributed by atoms with E-state index in [9.17, 15) is 8.78 Å². The monoisotopic (exact) mass is 150 g/mol. The Morgan fingerprint density at radius 2 is 2.10 bits per heavy atom. The van der Waals surface area contributed by atoms with E-state index < -0.39 is 5.92 Å². The third-order valence-corrected chi connectivity index (χ3v) is 1.73. The standard InChI is InChI=1S/C7H12F2O/c1-6(5-10-6)3-4-7(2,8)9/h3-5H2,1-2H3. The molecule has 1 heterocycles. The molecule has 0 N–H and O–H groups in total. The molecular formula is C7H12F2O. The van der Waals surface area contributed by atoms with Crippen molar-refractivity contribution in [1.29, 1.82) is 0 Å². The molecule has 1 rings (SSSR count). The summed E-state index contributed by atoms with van der Waals surface area (Å²) in [5.74, 6) is -2.53. The fourth-order valence-corrected chi connectivity index (χ4v) is 0.751. The van der Waals surface area contributed by atoms with E-state index in [1.165, 1.54) is 0 Å². The molecule has 3 heteroatoms. The quantitative estimate of drug-likeness (QED) is 0.562. The van der Waals surface area contributed by atoms with Crippen molar-refractivity contribution in [2.75, 3.05) is 6.61 Å². The van der Waals surface area contributed by atoms with Crippen molar-refractivity contribution < 1.29 is 13.5 Å². The molecule has 1 atom stereocenters. The summed E-state index contributed by atoms with van der Waals surface area (Å²) < 4.78 is 29.4. The molecule has 0 amide bonds. The fourth-order valence-electron chi connectivity index (χ4n) is 0.751. The van der Waals surface area contributed by atoms with Crippen LogP contribution >= 0.6 is 0 Å². The lowest BCUT2D eigenvalue weighted by Gasteiger charge is -2.10. The summed E-state index contributed by atoms with van der Waals surface area (Å²) in [5, 5.41) is 0. The van der Waals surface area contributed by atoms with Crippen molar-refractivity contribution in [2.24, 2.45) is 0 Å². The number of hydrogen-bond acceptors (Lipinski definition) is 1. The van der Waals surface area contributed by atoms with Gasteiger partial charge < -0.3 is 4.74 Å². The van der Waals surface area contributed by atoms with Crippen LogP contribution in [-0.4, -0.2) is 18.1 Å². The molecule has 1 aliphatic heterocycles. The second-order valence-electron chi connectivity index (χ2n) is 3.31. The summed E-state index contributed by atoms with van der Waals surface area (Å²) in [7, 11) is 0. The fraction of sp³-hybridized carbons (Fsp3) is 1.00. The van der Waals surface area contributed by atoms with Crippen molar-refractivity contribution in [3.05, 3.63) is 0 Å².